The minimum atomic E-state index is -0.653. The maximum absolute atomic E-state index is 10.4. The number of rotatable bonds is 1. The zero-order valence-electron chi connectivity index (χ0n) is 9.88. The first kappa shape index (κ1) is 12.2. The molecule has 7 heteroatoms. The van der Waals surface area contributed by atoms with Gasteiger partial charge in [-0.05, 0) is 36.7 Å². The van der Waals surface area contributed by atoms with E-state index in [0.29, 0.717) is 10.8 Å². The zero-order chi connectivity index (χ0) is 13.4. The summed E-state index contributed by atoms with van der Waals surface area (Å²) in [5.41, 5.74) is 1.56. The largest absolute Gasteiger partial charge is 0.284 e. The van der Waals surface area contributed by atoms with Crippen molar-refractivity contribution in [2.24, 2.45) is 5.18 Å². The molecule has 0 saturated heterocycles. The van der Waals surface area contributed by atoms with Crippen LogP contribution >= 0.6 is 0 Å². The van der Waals surface area contributed by atoms with E-state index in [1.165, 1.54) is 6.92 Å². The molecular weight excluding hydrogens is 236 g/mol. The zero-order valence-corrected chi connectivity index (χ0v) is 9.88. The van der Waals surface area contributed by atoms with E-state index in [0.717, 1.165) is 10.6 Å². The molecule has 0 unspecified atom stereocenters. The monoisotopic (exact) mass is 248 g/mol. The summed E-state index contributed by atoms with van der Waals surface area (Å²) in [6.07, 6.45) is 0. The van der Waals surface area contributed by atoms with Gasteiger partial charge in [0.15, 0.2) is 0 Å². The second kappa shape index (κ2) is 4.21. The summed E-state index contributed by atoms with van der Waals surface area (Å²) in [4.78, 5) is 10.4. The van der Waals surface area contributed by atoms with Crippen molar-refractivity contribution in [1.29, 1.82) is 5.41 Å². The van der Waals surface area contributed by atoms with Gasteiger partial charge in [-0.25, -0.2) is 10.1 Å². The van der Waals surface area contributed by atoms with E-state index in [4.69, 9.17) is 5.41 Å². The summed E-state index contributed by atoms with van der Waals surface area (Å²) >= 11 is 0. The molecule has 1 aromatic rings. The highest BCUT2D eigenvalue weighted by Gasteiger charge is 2.30. The van der Waals surface area contributed by atoms with Crippen molar-refractivity contribution in [3.8, 4) is 0 Å². The van der Waals surface area contributed by atoms with Crippen LogP contribution in [0.15, 0.2) is 34.8 Å². The number of hydrogen-bond acceptors (Lipinski definition) is 6. The Hall–Kier alpha value is -2.25. The predicted molar refractivity (Wildman–Crippen MR) is 65.9 cm³/mol. The Labute approximate surface area is 103 Å². The first-order valence-corrected chi connectivity index (χ1v) is 5.19. The second-order valence-electron chi connectivity index (χ2n) is 3.99. The molecule has 0 aliphatic carbocycles. The van der Waals surface area contributed by atoms with Crippen LogP contribution in [0, 0.1) is 17.2 Å². The Morgan fingerprint density at radius 1 is 1.22 bits per heavy atom. The summed E-state index contributed by atoms with van der Waals surface area (Å²) in [6, 6.07) is 5.00. The molecule has 18 heavy (non-hydrogen) atoms. The van der Waals surface area contributed by atoms with Gasteiger partial charge in [-0.1, -0.05) is 6.07 Å². The minimum absolute atomic E-state index is 0.149. The third-order valence-electron chi connectivity index (χ3n) is 2.78. The maximum Gasteiger partial charge on any atom is 0.217 e. The van der Waals surface area contributed by atoms with Gasteiger partial charge in [-0.3, -0.25) is 15.8 Å². The number of anilines is 2. The lowest BCUT2D eigenvalue weighted by molar-refractivity contribution is 0.253. The van der Waals surface area contributed by atoms with Gasteiger partial charge in [0.2, 0.25) is 5.84 Å². The van der Waals surface area contributed by atoms with E-state index >= 15 is 0 Å². The quantitative estimate of drug-likeness (QED) is 0.402. The van der Waals surface area contributed by atoms with E-state index in [1.54, 1.807) is 18.2 Å². The summed E-state index contributed by atoms with van der Waals surface area (Å²) < 4.78 is 0. The number of hydroxylamine groups is 2. The molecule has 0 radical (unpaired) electrons. The highest BCUT2D eigenvalue weighted by Crippen LogP contribution is 2.38. The van der Waals surface area contributed by atoms with Gasteiger partial charge in [-0.2, -0.15) is 0 Å². The molecule has 2 rings (SSSR count). The molecule has 1 aliphatic rings. The van der Waals surface area contributed by atoms with Crippen molar-refractivity contribution in [3.05, 3.63) is 40.1 Å². The molecule has 94 valence electrons. The molecule has 7 nitrogen and oxygen atoms in total. The molecule has 1 aromatic carbocycles. The maximum atomic E-state index is 10.4. The van der Waals surface area contributed by atoms with Crippen LogP contribution in [0.25, 0.3) is 0 Å². The van der Waals surface area contributed by atoms with Crippen LogP contribution in [-0.4, -0.2) is 16.3 Å². The SMILES string of the molecule is CC1=C(C(=N)N=O)N(O)c2ccc(C)cc2N1O. The minimum Gasteiger partial charge on any atom is -0.284 e. The van der Waals surface area contributed by atoms with Crippen LogP contribution in [0.1, 0.15) is 12.5 Å². The lowest BCUT2D eigenvalue weighted by Gasteiger charge is -2.33. The fourth-order valence-electron chi connectivity index (χ4n) is 1.85. The molecule has 0 spiro atoms. The van der Waals surface area contributed by atoms with E-state index in [-0.39, 0.29) is 17.1 Å². The van der Waals surface area contributed by atoms with Crippen LogP contribution in [0.5, 0.6) is 0 Å². The van der Waals surface area contributed by atoms with Gasteiger partial charge in [0.25, 0.3) is 0 Å². The van der Waals surface area contributed by atoms with Gasteiger partial charge in [0.05, 0.1) is 17.1 Å². The molecule has 0 aromatic heterocycles. The second-order valence-corrected chi connectivity index (χ2v) is 3.99. The van der Waals surface area contributed by atoms with Gasteiger partial charge in [0, 0.05) is 0 Å². The van der Waals surface area contributed by atoms with Crippen LogP contribution in [0.4, 0.5) is 11.4 Å². The summed E-state index contributed by atoms with van der Waals surface area (Å²) in [5.74, 6) is -0.653. The van der Waals surface area contributed by atoms with Crippen LogP contribution in [-0.2, 0) is 0 Å². The highest BCUT2D eigenvalue weighted by molar-refractivity contribution is 6.02. The van der Waals surface area contributed by atoms with Gasteiger partial charge in [0.1, 0.15) is 5.70 Å². The topological polar surface area (TPSA) is 100 Å². The first-order chi connectivity index (χ1) is 8.47. The van der Waals surface area contributed by atoms with Gasteiger partial charge >= 0.3 is 0 Å². The van der Waals surface area contributed by atoms with Crippen molar-refractivity contribution < 1.29 is 10.4 Å². The van der Waals surface area contributed by atoms with Gasteiger partial charge in [-0.15, -0.1) is 4.91 Å². The molecule has 1 aliphatic heterocycles. The average molecular weight is 248 g/mol. The summed E-state index contributed by atoms with van der Waals surface area (Å²) in [5, 5.41) is 31.4. The number of fused-ring (bicyclic) bond motifs is 1. The van der Waals surface area contributed by atoms with E-state index in [9.17, 15) is 15.3 Å². The highest BCUT2D eigenvalue weighted by atomic mass is 16.5. The molecule has 0 atom stereocenters. The molecule has 0 amide bonds. The van der Waals surface area contributed by atoms with Crippen LogP contribution < -0.4 is 10.1 Å². The lowest BCUT2D eigenvalue weighted by atomic mass is 10.1. The third kappa shape index (κ3) is 1.66. The molecule has 0 fully saturated rings. The molecule has 0 saturated carbocycles. The van der Waals surface area contributed by atoms with Crippen molar-refractivity contribution >= 4 is 17.2 Å². The smallest absolute Gasteiger partial charge is 0.217 e. The third-order valence-corrected chi connectivity index (χ3v) is 2.78. The van der Waals surface area contributed by atoms with Crippen LogP contribution in [0.3, 0.4) is 0 Å². The van der Waals surface area contributed by atoms with Crippen molar-refractivity contribution in [2.45, 2.75) is 13.8 Å². The number of allylic oxidation sites excluding steroid dienone is 1. The Balaban J connectivity index is 2.63. The molecule has 0 bridgehead atoms. The number of benzene rings is 1. The van der Waals surface area contributed by atoms with E-state index in [1.807, 2.05) is 6.92 Å². The van der Waals surface area contributed by atoms with E-state index < -0.39 is 5.84 Å². The number of hydrogen-bond donors (Lipinski definition) is 3. The van der Waals surface area contributed by atoms with Crippen molar-refractivity contribution in [3.63, 3.8) is 0 Å². The molecule has 1 heterocycles. The summed E-state index contributed by atoms with van der Waals surface area (Å²) in [7, 11) is 0. The average Bonchev–Trinajstić information content (AvgIpc) is 2.35. The summed E-state index contributed by atoms with van der Waals surface area (Å²) in [6.45, 7) is 3.32. The standard InChI is InChI=1S/C11H12N4O3/c1-6-3-4-8-9(5-6)14(17)7(2)10(15(8)18)11(12)13-16/h3-5,12,17-18H,1-2H3. The molecular formula is C11H12N4O3. The Kier molecular flexibility index (Phi) is 2.85. The Morgan fingerprint density at radius 2 is 1.89 bits per heavy atom. The first-order valence-electron chi connectivity index (χ1n) is 5.19. The number of nitroso groups, excluding NO2 is 1. The van der Waals surface area contributed by atoms with Crippen molar-refractivity contribution in [2.75, 3.05) is 10.1 Å². The predicted octanol–water partition coefficient (Wildman–Crippen LogP) is 2.37. The number of nitrogens with zero attached hydrogens (tertiary/aromatic N) is 3. The van der Waals surface area contributed by atoms with Crippen molar-refractivity contribution in [1.82, 2.24) is 0 Å². The fourth-order valence-corrected chi connectivity index (χ4v) is 1.85. The molecule has 3 N–H and O–H groups in total. The number of aryl methyl sites for hydroxylation is 1. The fraction of sp³-hybridized carbons (Fsp3) is 0.182. The Bertz CT molecular complexity index is 567. The Morgan fingerprint density at radius 3 is 2.50 bits per heavy atom. The van der Waals surface area contributed by atoms with E-state index in [2.05, 4.69) is 5.18 Å². The van der Waals surface area contributed by atoms with Crippen LogP contribution in [0.2, 0.25) is 0 Å². The number of amidine groups is 1. The lowest BCUT2D eigenvalue weighted by Crippen LogP contribution is -2.34. The number of nitrogens with one attached hydrogen (secondary N) is 1. The van der Waals surface area contributed by atoms with Gasteiger partial charge < -0.3 is 0 Å². The normalized spacial score (nSPS) is 14.7.